The van der Waals surface area contributed by atoms with Crippen molar-refractivity contribution >= 4 is 10.2 Å². The predicted octanol–water partition coefficient (Wildman–Crippen LogP) is -0.200. The molecule has 0 atom stereocenters. The smallest absolute Gasteiger partial charge is 0.281 e. The van der Waals surface area contributed by atoms with Gasteiger partial charge in [-0.1, -0.05) is 6.92 Å². The van der Waals surface area contributed by atoms with Crippen LogP contribution in [0.25, 0.3) is 0 Å². The van der Waals surface area contributed by atoms with E-state index in [1.807, 2.05) is 7.05 Å². The molecule has 0 amide bonds. The predicted molar refractivity (Wildman–Crippen MR) is 78.4 cm³/mol. The van der Waals surface area contributed by atoms with Gasteiger partial charge in [0.2, 0.25) is 0 Å². The van der Waals surface area contributed by atoms with Crippen molar-refractivity contribution in [1.29, 1.82) is 0 Å². The molecule has 7 heteroatoms. The highest BCUT2D eigenvalue weighted by Crippen LogP contribution is 2.10. The highest BCUT2D eigenvalue weighted by Gasteiger charge is 2.28. The first-order valence-corrected chi connectivity index (χ1v) is 8.49. The fourth-order valence-electron chi connectivity index (χ4n) is 2.06. The average Bonchev–Trinajstić information content (AvgIpc) is 2.38. The van der Waals surface area contributed by atoms with Crippen LogP contribution < -0.4 is 5.32 Å². The molecule has 1 rings (SSSR count). The molecule has 6 nitrogen and oxygen atoms in total. The summed E-state index contributed by atoms with van der Waals surface area (Å²) in [5.74, 6) is 0. The average molecular weight is 292 g/mol. The van der Waals surface area contributed by atoms with Crippen LogP contribution in [0.2, 0.25) is 0 Å². The molecule has 1 fully saturated rings. The minimum Gasteiger partial charge on any atom is -0.317 e. The highest BCUT2D eigenvalue weighted by molar-refractivity contribution is 7.86. The first-order valence-electron chi connectivity index (χ1n) is 7.09. The van der Waals surface area contributed by atoms with E-state index in [1.54, 1.807) is 11.4 Å². The first kappa shape index (κ1) is 16.8. The zero-order chi connectivity index (χ0) is 14.3. The Kier molecular flexibility index (Phi) is 7.23. The van der Waals surface area contributed by atoms with Gasteiger partial charge in [0.1, 0.15) is 0 Å². The molecule has 1 aliphatic heterocycles. The number of nitrogens with one attached hydrogen (secondary N) is 1. The van der Waals surface area contributed by atoms with Crippen LogP contribution in [-0.2, 0) is 10.2 Å². The summed E-state index contributed by atoms with van der Waals surface area (Å²) in [6.45, 7) is 7.37. The second-order valence-electron chi connectivity index (χ2n) is 5.14. The van der Waals surface area contributed by atoms with E-state index in [-0.39, 0.29) is 0 Å². The molecule has 0 aromatic rings. The van der Waals surface area contributed by atoms with Gasteiger partial charge in [-0.2, -0.15) is 17.0 Å². The lowest BCUT2D eigenvalue weighted by Gasteiger charge is -2.34. The molecule has 0 aromatic heterocycles. The molecular weight excluding hydrogens is 264 g/mol. The van der Waals surface area contributed by atoms with Gasteiger partial charge in [0, 0.05) is 39.8 Å². The molecule has 1 N–H and O–H groups in total. The SMILES string of the molecule is CCCNCCCN(C)S(=O)(=O)N1CCN(C)CC1. The van der Waals surface area contributed by atoms with Crippen LogP contribution in [0.3, 0.4) is 0 Å². The van der Waals surface area contributed by atoms with Gasteiger partial charge in [0.05, 0.1) is 0 Å². The van der Waals surface area contributed by atoms with E-state index >= 15 is 0 Å². The Morgan fingerprint density at radius 2 is 1.79 bits per heavy atom. The van der Waals surface area contributed by atoms with Crippen molar-refractivity contribution in [3.05, 3.63) is 0 Å². The number of likely N-dealkylation sites (N-methyl/N-ethyl adjacent to an activating group) is 1. The molecule has 0 aromatic carbocycles. The Bertz CT molecular complexity index is 340. The topological polar surface area (TPSA) is 55.9 Å². The molecule has 0 radical (unpaired) electrons. The summed E-state index contributed by atoms with van der Waals surface area (Å²) in [7, 11) is 0.429. The van der Waals surface area contributed by atoms with Crippen molar-refractivity contribution in [2.45, 2.75) is 19.8 Å². The molecule has 1 aliphatic rings. The van der Waals surface area contributed by atoms with Crippen molar-refractivity contribution in [2.75, 3.05) is 59.9 Å². The van der Waals surface area contributed by atoms with Crippen LogP contribution >= 0.6 is 0 Å². The third-order valence-corrected chi connectivity index (χ3v) is 5.42. The van der Waals surface area contributed by atoms with Crippen molar-refractivity contribution < 1.29 is 8.42 Å². The maximum absolute atomic E-state index is 12.3. The van der Waals surface area contributed by atoms with Gasteiger partial charge >= 0.3 is 0 Å². The minimum atomic E-state index is -3.27. The maximum atomic E-state index is 12.3. The second-order valence-corrected chi connectivity index (χ2v) is 7.17. The molecule has 114 valence electrons. The first-order chi connectivity index (χ1) is 8.98. The molecule has 1 saturated heterocycles. The van der Waals surface area contributed by atoms with Crippen LogP contribution in [0.4, 0.5) is 0 Å². The molecule has 1 heterocycles. The Labute approximate surface area is 117 Å². The van der Waals surface area contributed by atoms with Gasteiger partial charge < -0.3 is 10.2 Å². The van der Waals surface area contributed by atoms with Gasteiger partial charge in [0.25, 0.3) is 10.2 Å². The Morgan fingerprint density at radius 1 is 1.16 bits per heavy atom. The third-order valence-electron chi connectivity index (χ3n) is 3.44. The fourth-order valence-corrected chi connectivity index (χ4v) is 3.44. The van der Waals surface area contributed by atoms with Gasteiger partial charge in [-0.3, -0.25) is 0 Å². The lowest BCUT2D eigenvalue weighted by atomic mass is 10.4. The maximum Gasteiger partial charge on any atom is 0.281 e. The number of nitrogens with zero attached hydrogens (tertiary/aromatic N) is 3. The summed E-state index contributed by atoms with van der Waals surface area (Å²) in [6, 6.07) is 0. The van der Waals surface area contributed by atoms with Gasteiger partial charge in [-0.05, 0) is 33.0 Å². The van der Waals surface area contributed by atoms with Crippen molar-refractivity contribution in [3.8, 4) is 0 Å². The summed E-state index contributed by atoms with van der Waals surface area (Å²) >= 11 is 0. The molecule has 0 bridgehead atoms. The Morgan fingerprint density at radius 3 is 2.37 bits per heavy atom. The summed E-state index contributed by atoms with van der Waals surface area (Å²) < 4.78 is 27.7. The van der Waals surface area contributed by atoms with Crippen LogP contribution in [0.15, 0.2) is 0 Å². The monoisotopic (exact) mass is 292 g/mol. The molecule has 0 unspecified atom stereocenters. The van der Waals surface area contributed by atoms with Crippen molar-refractivity contribution in [3.63, 3.8) is 0 Å². The summed E-state index contributed by atoms with van der Waals surface area (Å²) in [5, 5.41) is 3.29. The number of hydrogen-bond donors (Lipinski definition) is 1. The van der Waals surface area contributed by atoms with E-state index in [1.165, 1.54) is 4.31 Å². The van der Waals surface area contributed by atoms with Gasteiger partial charge in [-0.25, -0.2) is 0 Å². The van der Waals surface area contributed by atoms with Crippen LogP contribution in [0.5, 0.6) is 0 Å². The van der Waals surface area contributed by atoms with Gasteiger partial charge in [-0.15, -0.1) is 0 Å². The lowest BCUT2D eigenvalue weighted by molar-refractivity contribution is 0.214. The number of piperazine rings is 1. The van der Waals surface area contributed by atoms with Crippen LogP contribution in [-0.4, -0.2) is 81.8 Å². The Balaban J connectivity index is 2.35. The van der Waals surface area contributed by atoms with Crippen LogP contribution in [0.1, 0.15) is 19.8 Å². The van der Waals surface area contributed by atoms with Gasteiger partial charge in [0.15, 0.2) is 0 Å². The summed E-state index contributed by atoms with van der Waals surface area (Å²) in [5.41, 5.74) is 0. The van der Waals surface area contributed by atoms with Crippen molar-refractivity contribution in [1.82, 2.24) is 18.8 Å². The minimum absolute atomic E-state index is 0.575. The standard InChI is InChI=1S/C12H28N4O2S/c1-4-6-13-7-5-8-15(3)19(17,18)16-11-9-14(2)10-12-16/h13H,4-12H2,1-3H3. The van der Waals surface area contributed by atoms with E-state index in [0.29, 0.717) is 19.6 Å². The number of hydrogen-bond acceptors (Lipinski definition) is 4. The molecule has 0 aliphatic carbocycles. The molecule has 0 saturated carbocycles. The van der Waals surface area contributed by atoms with E-state index in [4.69, 9.17) is 0 Å². The van der Waals surface area contributed by atoms with E-state index < -0.39 is 10.2 Å². The normalized spacial score (nSPS) is 19.2. The van der Waals surface area contributed by atoms with E-state index in [2.05, 4.69) is 17.1 Å². The van der Waals surface area contributed by atoms with E-state index in [9.17, 15) is 8.42 Å². The fraction of sp³-hybridized carbons (Fsp3) is 1.00. The lowest BCUT2D eigenvalue weighted by Crippen LogP contribution is -2.51. The van der Waals surface area contributed by atoms with Crippen LogP contribution in [0, 0.1) is 0 Å². The number of rotatable bonds is 8. The molecule has 0 spiro atoms. The Hall–Kier alpha value is -0.210. The largest absolute Gasteiger partial charge is 0.317 e. The summed E-state index contributed by atoms with van der Waals surface area (Å²) in [6.07, 6.45) is 1.96. The van der Waals surface area contributed by atoms with E-state index in [0.717, 1.165) is 39.0 Å². The zero-order valence-corrected chi connectivity index (χ0v) is 13.2. The zero-order valence-electron chi connectivity index (χ0n) is 12.4. The summed E-state index contributed by atoms with van der Waals surface area (Å²) in [4.78, 5) is 2.15. The molecule has 19 heavy (non-hydrogen) atoms. The second kappa shape index (κ2) is 8.16. The third kappa shape index (κ3) is 5.35. The molecular formula is C12H28N4O2S. The highest BCUT2D eigenvalue weighted by atomic mass is 32.2. The quantitative estimate of drug-likeness (QED) is 0.630. The van der Waals surface area contributed by atoms with Crippen molar-refractivity contribution in [2.24, 2.45) is 0 Å².